The van der Waals surface area contributed by atoms with Crippen molar-refractivity contribution in [2.45, 2.75) is 6.61 Å². The number of nitrogens with two attached hydrogens (primary N) is 1. The molecule has 0 fully saturated rings. The van der Waals surface area contributed by atoms with Gasteiger partial charge in [0.25, 0.3) is 0 Å². The van der Waals surface area contributed by atoms with Gasteiger partial charge in [0.15, 0.2) is 5.82 Å². The van der Waals surface area contributed by atoms with Crippen LogP contribution in [0.3, 0.4) is 0 Å². The van der Waals surface area contributed by atoms with E-state index in [1.807, 2.05) is 42.5 Å². The lowest BCUT2D eigenvalue weighted by Gasteiger charge is -2.10. The molecule has 26 heavy (non-hydrogen) atoms. The van der Waals surface area contributed by atoms with Crippen molar-refractivity contribution >= 4 is 16.7 Å². The van der Waals surface area contributed by atoms with E-state index in [4.69, 9.17) is 15.8 Å². The second kappa shape index (κ2) is 7.73. The third-order valence-electron chi connectivity index (χ3n) is 3.97. The maximum atomic E-state index is 9.67. The predicted molar refractivity (Wildman–Crippen MR) is 101 cm³/mol. The van der Waals surface area contributed by atoms with Gasteiger partial charge in [-0.3, -0.25) is 10.1 Å². The summed E-state index contributed by atoms with van der Waals surface area (Å²) < 4.78 is 0. The fourth-order valence-electron chi connectivity index (χ4n) is 2.82. The second-order valence-electron chi connectivity index (χ2n) is 5.44. The summed E-state index contributed by atoms with van der Waals surface area (Å²) in [7, 11) is 1.00. The van der Waals surface area contributed by atoms with Crippen LogP contribution in [0.15, 0.2) is 54.9 Å². The van der Waals surface area contributed by atoms with Crippen LogP contribution in [0.25, 0.3) is 33.4 Å². The topological polar surface area (TPSA) is 121 Å². The molecular weight excluding hydrogens is 330 g/mol. The fraction of sp³-hybridized carbons (Fsp3) is 0.105. The number of anilines is 1. The van der Waals surface area contributed by atoms with Crippen molar-refractivity contribution in [3.63, 3.8) is 0 Å². The van der Waals surface area contributed by atoms with E-state index in [2.05, 4.69) is 15.2 Å². The maximum Gasteiger partial charge on any atom is 0.155 e. The molecule has 132 valence electrons. The number of H-pyrrole nitrogens is 1. The Morgan fingerprint density at radius 1 is 1.12 bits per heavy atom. The molecule has 0 aliphatic carbocycles. The van der Waals surface area contributed by atoms with Crippen molar-refractivity contribution in [2.75, 3.05) is 12.8 Å². The van der Waals surface area contributed by atoms with E-state index in [0.717, 1.165) is 40.4 Å². The molecule has 7 nitrogen and oxygen atoms in total. The summed E-state index contributed by atoms with van der Waals surface area (Å²) in [6.07, 6.45) is 3.48. The Morgan fingerprint density at radius 3 is 2.65 bits per heavy atom. The molecule has 0 unspecified atom stereocenters. The minimum absolute atomic E-state index is 0.0752. The highest BCUT2D eigenvalue weighted by molar-refractivity contribution is 6.01. The minimum atomic E-state index is -0.0752. The molecule has 0 aliphatic heterocycles. The van der Waals surface area contributed by atoms with E-state index in [0.29, 0.717) is 11.5 Å². The Balaban J connectivity index is 0.000000948. The second-order valence-corrected chi connectivity index (χ2v) is 5.44. The standard InChI is InChI=1S/C18H15N5O.CH4O/c19-18-16-15(22-23-18)8-14(11-5-3-7-20-9-11)21-17(16)13-6-2-1-4-12(13)10-24;1-2/h1-9,24H,10H2,(H3,19,22,23);2H,1H3. The van der Waals surface area contributed by atoms with Gasteiger partial charge in [0.1, 0.15) is 0 Å². The Kier molecular flexibility index (Phi) is 5.21. The number of nitrogens with one attached hydrogen (secondary N) is 1. The monoisotopic (exact) mass is 349 g/mol. The number of aromatic amines is 1. The number of nitrogens with zero attached hydrogens (tertiary/aromatic N) is 3. The summed E-state index contributed by atoms with van der Waals surface area (Å²) in [5.74, 6) is 0.387. The van der Waals surface area contributed by atoms with Gasteiger partial charge < -0.3 is 15.9 Å². The molecule has 3 heterocycles. The Bertz CT molecular complexity index is 1020. The predicted octanol–water partition coefficient (Wildman–Crippen LogP) is 2.37. The normalized spacial score (nSPS) is 10.4. The van der Waals surface area contributed by atoms with Crippen LogP contribution in [0.4, 0.5) is 5.82 Å². The molecule has 5 N–H and O–H groups in total. The lowest BCUT2D eigenvalue weighted by Crippen LogP contribution is -1.96. The summed E-state index contributed by atoms with van der Waals surface area (Å²) in [5, 5.41) is 24.5. The number of rotatable bonds is 3. The molecule has 4 rings (SSSR count). The van der Waals surface area contributed by atoms with Gasteiger partial charge in [0.2, 0.25) is 0 Å². The van der Waals surface area contributed by atoms with Gasteiger partial charge in [0, 0.05) is 30.6 Å². The molecule has 7 heteroatoms. The van der Waals surface area contributed by atoms with Crippen molar-refractivity contribution < 1.29 is 10.2 Å². The highest BCUT2D eigenvalue weighted by Gasteiger charge is 2.16. The smallest absolute Gasteiger partial charge is 0.155 e. The van der Waals surface area contributed by atoms with Crippen LogP contribution in [-0.4, -0.2) is 37.5 Å². The van der Waals surface area contributed by atoms with Gasteiger partial charge >= 0.3 is 0 Å². The number of aromatic nitrogens is 4. The quantitative estimate of drug-likeness (QED) is 0.450. The summed E-state index contributed by atoms with van der Waals surface area (Å²) in [6.45, 7) is -0.0752. The molecule has 3 aromatic heterocycles. The zero-order chi connectivity index (χ0) is 18.5. The number of fused-ring (bicyclic) bond motifs is 1. The van der Waals surface area contributed by atoms with E-state index < -0.39 is 0 Å². The number of nitrogen functional groups attached to an aromatic ring is 1. The first-order chi connectivity index (χ1) is 12.8. The zero-order valence-electron chi connectivity index (χ0n) is 14.2. The lowest BCUT2D eigenvalue weighted by molar-refractivity contribution is 0.282. The van der Waals surface area contributed by atoms with Crippen LogP contribution in [-0.2, 0) is 6.61 Å². The van der Waals surface area contributed by atoms with E-state index in [-0.39, 0.29) is 6.61 Å². The molecule has 0 bridgehead atoms. The molecule has 0 radical (unpaired) electrons. The number of pyridine rings is 2. The van der Waals surface area contributed by atoms with E-state index in [9.17, 15) is 5.11 Å². The van der Waals surface area contributed by atoms with Crippen LogP contribution in [0.2, 0.25) is 0 Å². The summed E-state index contributed by atoms with van der Waals surface area (Å²) >= 11 is 0. The number of aliphatic hydroxyl groups is 2. The van der Waals surface area contributed by atoms with Gasteiger partial charge in [-0.25, -0.2) is 4.98 Å². The van der Waals surface area contributed by atoms with Crippen LogP contribution in [0.5, 0.6) is 0 Å². The fourth-order valence-corrected chi connectivity index (χ4v) is 2.82. The van der Waals surface area contributed by atoms with Gasteiger partial charge in [-0.15, -0.1) is 0 Å². The summed E-state index contributed by atoms with van der Waals surface area (Å²) in [6, 6.07) is 13.3. The van der Waals surface area contributed by atoms with Gasteiger partial charge in [0.05, 0.1) is 28.9 Å². The largest absolute Gasteiger partial charge is 0.400 e. The maximum absolute atomic E-state index is 9.67. The molecular formula is C19H19N5O2. The highest BCUT2D eigenvalue weighted by Crippen LogP contribution is 2.34. The number of aliphatic hydroxyl groups excluding tert-OH is 2. The Hall–Kier alpha value is -3.29. The lowest BCUT2D eigenvalue weighted by atomic mass is 10.0. The third-order valence-corrected chi connectivity index (χ3v) is 3.97. The van der Waals surface area contributed by atoms with Crippen LogP contribution >= 0.6 is 0 Å². The van der Waals surface area contributed by atoms with Gasteiger partial charge in [-0.2, -0.15) is 5.10 Å². The first-order valence-electron chi connectivity index (χ1n) is 7.97. The zero-order valence-corrected chi connectivity index (χ0v) is 14.2. The van der Waals surface area contributed by atoms with E-state index in [1.54, 1.807) is 12.4 Å². The van der Waals surface area contributed by atoms with Crippen LogP contribution < -0.4 is 5.73 Å². The number of hydrogen-bond donors (Lipinski definition) is 4. The summed E-state index contributed by atoms with van der Waals surface area (Å²) in [4.78, 5) is 8.94. The first kappa shape index (κ1) is 17.5. The molecule has 0 saturated heterocycles. The third kappa shape index (κ3) is 3.13. The van der Waals surface area contributed by atoms with Crippen LogP contribution in [0, 0.1) is 0 Å². The highest BCUT2D eigenvalue weighted by atomic mass is 16.3. The van der Waals surface area contributed by atoms with Gasteiger partial charge in [-0.05, 0) is 23.8 Å². The van der Waals surface area contributed by atoms with Crippen molar-refractivity contribution in [3.05, 3.63) is 60.4 Å². The molecule has 1 aromatic carbocycles. The molecule has 0 aliphatic rings. The number of benzene rings is 1. The molecule has 4 aromatic rings. The number of hydrogen-bond acceptors (Lipinski definition) is 6. The van der Waals surface area contributed by atoms with Crippen molar-refractivity contribution in [1.29, 1.82) is 0 Å². The molecule has 0 spiro atoms. The molecule has 0 amide bonds. The van der Waals surface area contributed by atoms with Gasteiger partial charge in [-0.1, -0.05) is 24.3 Å². The molecule has 0 atom stereocenters. The molecule has 0 saturated carbocycles. The SMILES string of the molecule is CO.Nc1n[nH]c2cc(-c3cccnc3)nc(-c3ccccc3CO)c12. The van der Waals surface area contributed by atoms with Crippen molar-refractivity contribution in [1.82, 2.24) is 20.2 Å². The van der Waals surface area contributed by atoms with E-state index >= 15 is 0 Å². The average Bonchev–Trinajstić information content (AvgIpc) is 3.10. The van der Waals surface area contributed by atoms with Crippen molar-refractivity contribution in [2.24, 2.45) is 0 Å². The van der Waals surface area contributed by atoms with Crippen LogP contribution in [0.1, 0.15) is 5.56 Å². The minimum Gasteiger partial charge on any atom is -0.400 e. The summed E-state index contributed by atoms with van der Waals surface area (Å²) in [5.41, 5.74) is 10.8. The Morgan fingerprint density at radius 2 is 1.92 bits per heavy atom. The first-order valence-corrected chi connectivity index (χ1v) is 7.97. The Labute approximate surface area is 150 Å². The average molecular weight is 349 g/mol. The van der Waals surface area contributed by atoms with E-state index in [1.165, 1.54) is 0 Å². The van der Waals surface area contributed by atoms with Crippen molar-refractivity contribution in [3.8, 4) is 22.5 Å².